The molecule has 9 heteroatoms. The van der Waals surface area contributed by atoms with Crippen molar-refractivity contribution < 1.29 is 18.0 Å². The van der Waals surface area contributed by atoms with Gasteiger partial charge in [-0.1, -0.05) is 34.9 Å². The highest BCUT2D eigenvalue weighted by Gasteiger charge is 2.12. The van der Waals surface area contributed by atoms with Gasteiger partial charge in [-0.15, -0.1) is 0 Å². The number of ether oxygens (including phenoxy) is 1. The van der Waals surface area contributed by atoms with Gasteiger partial charge in [-0.25, -0.2) is 0 Å². The van der Waals surface area contributed by atoms with Crippen LogP contribution in [0.25, 0.3) is 0 Å². The molecule has 0 aliphatic heterocycles. The van der Waals surface area contributed by atoms with Crippen LogP contribution in [0.1, 0.15) is 36.8 Å². The molecule has 0 saturated heterocycles. The van der Waals surface area contributed by atoms with Crippen molar-refractivity contribution >= 4 is 21.9 Å². The first-order valence-electron chi connectivity index (χ1n) is 8.02. The predicted octanol–water partition coefficient (Wildman–Crippen LogP) is 4.03. The molecule has 1 aromatic heterocycles. The normalized spacial score (nSPS) is 11.9. The van der Waals surface area contributed by atoms with Crippen LogP contribution < -0.4 is 15.4 Å². The Morgan fingerprint density at radius 2 is 2.00 bits per heavy atom. The Morgan fingerprint density at radius 1 is 1.27 bits per heavy atom. The molecule has 26 heavy (non-hydrogen) atoms. The Balaban J connectivity index is 1.95. The van der Waals surface area contributed by atoms with Gasteiger partial charge in [0.15, 0.2) is 11.7 Å². The molecule has 0 atom stereocenters. The monoisotopic (exact) mass is 430 g/mol. The van der Waals surface area contributed by atoms with Crippen LogP contribution in [0, 0.1) is 0 Å². The van der Waals surface area contributed by atoms with E-state index in [9.17, 15) is 8.78 Å². The molecule has 6 nitrogen and oxygen atoms in total. The number of alkyl halides is 2. The number of rotatable bonds is 7. The first kappa shape index (κ1) is 20.2. The maximum atomic E-state index is 12.5. The molecule has 0 radical (unpaired) electrons. The van der Waals surface area contributed by atoms with E-state index in [4.69, 9.17) is 4.52 Å². The van der Waals surface area contributed by atoms with Gasteiger partial charge in [0.25, 0.3) is 0 Å². The SMILES string of the molecule is CN=C(NCc1cc(C(C)C)no1)NCc1cc(Br)ccc1OC(F)F. The molecule has 0 fully saturated rings. The molecule has 0 aliphatic carbocycles. The van der Waals surface area contributed by atoms with Crippen molar-refractivity contribution in [1.29, 1.82) is 0 Å². The van der Waals surface area contributed by atoms with Gasteiger partial charge in [0.1, 0.15) is 5.75 Å². The second-order valence-electron chi connectivity index (χ2n) is 5.78. The smallest absolute Gasteiger partial charge is 0.387 e. The summed E-state index contributed by atoms with van der Waals surface area (Å²) >= 11 is 3.33. The van der Waals surface area contributed by atoms with Gasteiger partial charge in [0, 0.05) is 29.7 Å². The molecule has 2 aromatic rings. The van der Waals surface area contributed by atoms with Crippen molar-refractivity contribution in [3.8, 4) is 5.75 Å². The van der Waals surface area contributed by atoms with E-state index in [1.807, 2.05) is 19.9 Å². The van der Waals surface area contributed by atoms with E-state index in [0.29, 0.717) is 23.8 Å². The minimum Gasteiger partial charge on any atom is -0.434 e. The van der Waals surface area contributed by atoms with Crippen LogP contribution in [0.5, 0.6) is 5.75 Å². The third kappa shape index (κ3) is 5.98. The Kier molecular flexibility index (Phi) is 7.38. The summed E-state index contributed by atoms with van der Waals surface area (Å²) in [6, 6.07) is 6.73. The average Bonchev–Trinajstić information content (AvgIpc) is 3.06. The minimum absolute atomic E-state index is 0.114. The summed E-state index contributed by atoms with van der Waals surface area (Å²) in [5.74, 6) is 1.58. The number of aromatic nitrogens is 1. The fraction of sp³-hybridized carbons (Fsp3) is 0.412. The van der Waals surface area contributed by atoms with Crippen molar-refractivity contribution in [1.82, 2.24) is 15.8 Å². The van der Waals surface area contributed by atoms with E-state index in [-0.39, 0.29) is 18.2 Å². The summed E-state index contributed by atoms with van der Waals surface area (Å²) in [4.78, 5) is 4.10. The van der Waals surface area contributed by atoms with Gasteiger partial charge in [-0.2, -0.15) is 8.78 Å². The quantitative estimate of drug-likeness (QED) is 0.512. The summed E-state index contributed by atoms with van der Waals surface area (Å²) in [6.45, 7) is 1.85. The average molecular weight is 431 g/mol. The molecular weight excluding hydrogens is 410 g/mol. The molecule has 1 aromatic carbocycles. The van der Waals surface area contributed by atoms with Gasteiger partial charge < -0.3 is 19.9 Å². The number of benzene rings is 1. The van der Waals surface area contributed by atoms with Gasteiger partial charge in [-0.3, -0.25) is 4.99 Å². The van der Waals surface area contributed by atoms with Crippen molar-refractivity contribution in [2.24, 2.45) is 4.99 Å². The number of aliphatic imine (C=N–C) groups is 1. The van der Waals surface area contributed by atoms with E-state index in [2.05, 4.69) is 41.4 Å². The zero-order valence-corrected chi connectivity index (χ0v) is 16.3. The lowest BCUT2D eigenvalue weighted by molar-refractivity contribution is -0.0504. The highest BCUT2D eigenvalue weighted by atomic mass is 79.9. The van der Waals surface area contributed by atoms with Crippen LogP contribution in [0.2, 0.25) is 0 Å². The highest BCUT2D eigenvalue weighted by molar-refractivity contribution is 9.10. The van der Waals surface area contributed by atoms with E-state index >= 15 is 0 Å². The fourth-order valence-corrected chi connectivity index (χ4v) is 2.56. The lowest BCUT2D eigenvalue weighted by Gasteiger charge is -2.14. The van der Waals surface area contributed by atoms with Crippen LogP contribution >= 0.6 is 15.9 Å². The molecule has 142 valence electrons. The van der Waals surface area contributed by atoms with Gasteiger partial charge >= 0.3 is 6.61 Å². The van der Waals surface area contributed by atoms with Crippen molar-refractivity contribution in [2.75, 3.05) is 7.05 Å². The predicted molar refractivity (Wildman–Crippen MR) is 98.4 cm³/mol. The van der Waals surface area contributed by atoms with Crippen LogP contribution in [0.15, 0.2) is 38.3 Å². The Bertz CT molecular complexity index is 750. The topological polar surface area (TPSA) is 71.7 Å². The number of nitrogens with zero attached hydrogens (tertiary/aromatic N) is 2. The molecule has 2 rings (SSSR count). The molecule has 0 unspecified atom stereocenters. The summed E-state index contributed by atoms with van der Waals surface area (Å²) in [5, 5.41) is 10.1. The molecule has 0 saturated carbocycles. The summed E-state index contributed by atoms with van der Waals surface area (Å²) in [6.07, 6.45) is 0. The minimum atomic E-state index is -2.88. The molecular formula is C17H21BrF2N4O2. The third-order valence-corrected chi connectivity index (χ3v) is 4.00. The maximum absolute atomic E-state index is 12.5. The summed E-state index contributed by atoms with van der Waals surface area (Å²) in [7, 11) is 1.62. The van der Waals surface area contributed by atoms with Crippen LogP contribution in [0.3, 0.4) is 0 Å². The Hall–Kier alpha value is -2.16. The molecule has 0 aliphatic rings. The van der Waals surface area contributed by atoms with E-state index in [1.54, 1.807) is 19.2 Å². The number of nitrogens with one attached hydrogen (secondary N) is 2. The summed E-state index contributed by atoms with van der Waals surface area (Å²) < 4.78 is 35.6. The lowest BCUT2D eigenvalue weighted by Crippen LogP contribution is -2.36. The first-order chi connectivity index (χ1) is 12.4. The zero-order valence-electron chi connectivity index (χ0n) is 14.7. The Morgan fingerprint density at radius 3 is 2.62 bits per heavy atom. The van der Waals surface area contributed by atoms with Crippen molar-refractivity contribution in [3.05, 3.63) is 45.8 Å². The molecule has 0 amide bonds. The number of hydrogen-bond donors (Lipinski definition) is 2. The van der Waals surface area contributed by atoms with E-state index < -0.39 is 6.61 Å². The largest absolute Gasteiger partial charge is 0.434 e. The molecule has 2 N–H and O–H groups in total. The van der Waals surface area contributed by atoms with Gasteiger partial charge in [-0.05, 0) is 24.1 Å². The fourth-order valence-electron chi connectivity index (χ4n) is 2.15. The molecule has 1 heterocycles. The van der Waals surface area contributed by atoms with Crippen LogP contribution in [-0.2, 0) is 13.1 Å². The van der Waals surface area contributed by atoms with E-state index in [0.717, 1.165) is 10.2 Å². The number of hydrogen-bond acceptors (Lipinski definition) is 4. The maximum Gasteiger partial charge on any atom is 0.387 e. The van der Waals surface area contributed by atoms with Gasteiger partial charge in [0.05, 0.1) is 12.2 Å². The third-order valence-electron chi connectivity index (χ3n) is 3.51. The number of halogens is 3. The van der Waals surface area contributed by atoms with E-state index in [1.165, 1.54) is 6.07 Å². The van der Waals surface area contributed by atoms with Crippen LogP contribution in [-0.4, -0.2) is 24.8 Å². The second-order valence-corrected chi connectivity index (χ2v) is 6.70. The Labute approximate surface area is 159 Å². The van der Waals surface area contributed by atoms with Crippen molar-refractivity contribution in [2.45, 2.75) is 39.5 Å². The van der Waals surface area contributed by atoms with Gasteiger partial charge in [0.2, 0.25) is 0 Å². The second kappa shape index (κ2) is 9.51. The number of guanidine groups is 1. The molecule has 0 spiro atoms. The highest BCUT2D eigenvalue weighted by Crippen LogP contribution is 2.24. The lowest BCUT2D eigenvalue weighted by atomic mass is 10.1. The molecule has 0 bridgehead atoms. The van der Waals surface area contributed by atoms with Crippen molar-refractivity contribution in [3.63, 3.8) is 0 Å². The standard InChI is InChI=1S/C17H21BrF2N4O2/c1-10(2)14-7-13(26-24-14)9-23-17(21-3)22-8-11-6-12(18)4-5-15(11)25-16(19)20/h4-7,10,16H,8-9H2,1-3H3,(H2,21,22,23). The van der Waals surface area contributed by atoms with Crippen LogP contribution in [0.4, 0.5) is 8.78 Å². The summed E-state index contributed by atoms with van der Waals surface area (Å²) in [5.41, 5.74) is 1.46. The zero-order chi connectivity index (χ0) is 19.1. The first-order valence-corrected chi connectivity index (χ1v) is 8.81.